The fourth-order valence-electron chi connectivity index (χ4n) is 1.56. The van der Waals surface area contributed by atoms with Crippen molar-refractivity contribution in [1.82, 2.24) is 0 Å². The van der Waals surface area contributed by atoms with Gasteiger partial charge in [-0.3, -0.25) is 4.55 Å². The topological polar surface area (TPSA) is 80.7 Å². The summed E-state index contributed by atoms with van der Waals surface area (Å²) in [6, 6.07) is 4.35. The molecule has 0 aromatic heterocycles. The Morgan fingerprint density at radius 2 is 1.90 bits per heavy atom. The van der Waals surface area contributed by atoms with E-state index >= 15 is 0 Å². The molecule has 5 nitrogen and oxygen atoms in total. The van der Waals surface area contributed by atoms with E-state index in [1.165, 1.54) is 12.1 Å². The summed E-state index contributed by atoms with van der Waals surface area (Å²) in [7, 11) is 5.26. The molecular weight excluding hydrogens is 304 g/mol. The van der Waals surface area contributed by atoms with E-state index in [0.29, 0.717) is 11.1 Å². The van der Waals surface area contributed by atoms with E-state index in [4.69, 9.17) is 20.2 Å². The van der Waals surface area contributed by atoms with Gasteiger partial charge in [0.05, 0.1) is 21.3 Å². The van der Waals surface area contributed by atoms with Gasteiger partial charge in [-0.2, -0.15) is 17.2 Å². The Kier molecular flexibility index (Phi) is 5.52. The maximum Gasteiger partial charge on any atom is 0.402 e. The molecule has 1 aromatic rings. The van der Waals surface area contributed by atoms with Crippen molar-refractivity contribution in [2.75, 3.05) is 6.61 Å². The van der Waals surface area contributed by atoms with Crippen LogP contribution in [0.2, 0.25) is 0 Å². The maximum absolute atomic E-state index is 13.0. The van der Waals surface area contributed by atoms with Crippen LogP contribution in [-0.2, 0) is 27.5 Å². The van der Waals surface area contributed by atoms with Crippen LogP contribution in [0.5, 0.6) is 0 Å². The molecule has 0 fully saturated rings. The van der Waals surface area contributed by atoms with E-state index in [9.17, 15) is 22.0 Å². The van der Waals surface area contributed by atoms with Crippen LogP contribution in [0.1, 0.15) is 21.5 Å². The number of alkyl halides is 2. The first kappa shape index (κ1) is 17.6. The second-order valence-electron chi connectivity index (χ2n) is 4.04. The molecule has 0 spiro atoms. The van der Waals surface area contributed by atoms with Gasteiger partial charge in [0.1, 0.15) is 0 Å². The fraction of sp³-hybridized carbons (Fsp3) is 0.364. The number of esters is 1. The molecule has 10 heteroatoms. The number of rotatable bonds is 6. The highest BCUT2D eigenvalue weighted by atomic mass is 32.2. The van der Waals surface area contributed by atoms with Crippen LogP contribution < -0.4 is 0 Å². The van der Waals surface area contributed by atoms with Gasteiger partial charge in [0.15, 0.2) is 6.61 Å². The number of hydrogen-bond donors (Lipinski definition) is 1. The van der Waals surface area contributed by atoms with Crippen molar-refractivity contribution in [2.45, 2.75) is 17.9 Å². The number of benzene rings is 1. The first-order valence-electron chi connectivity index (χ1n) is 5.67. The van der Waals surface area contributed by atoms with Gasteiger partial charge in [-0.05, 0) is 11.6 Å². The summed E-state index contributed by atoms with van der Waals surface area (Å²) in [5.74, 6) is -1.19. The van der Waals surface area contributed by atoms with E-state index in [-0.39, 0.29) is 18.2 Å². The molecule has 1 aromatic carbocycles. The van der Waals surface area contributed by atoms with Gasteiger partial charge in [-0.25, -0.2) is 4.79 Å². The van der Waals surface area contributed by atoms with E-state index < -0.39 is 27.9 Å². The fourth-order valence-corrected chi connectivity index (χ4v) is 1.77. The lowest BCUT2D eigenvalue weighted by atomic mass is 9.84. The van der Waals surface area contributed by atoms with Gasteiger partial charge in [0.25, 0.3) is 0 Å². The molecule has 1 rings (SSSR count). The number of halogens is 2. The van der Waals surface area contributed by atoms with Gasteiger partial charge in [-0.1, -0.05) is 30.3 Å². The minimum atomic E-state index is -5.66. The summed E-state index contributed by atoms with van der Waals surface area (Å²) in [4.78, 5) is 11.7. The van der Waals surface area contributed by atoms with Gasteiger partial charge < -0.3 is 4.74 Å². The number of hydrogen-bond acceptors (Lipinski definition) is 4. The Bertz CT molecular complexity index is 634. The summed E-state index contributed by atoms with van der Waals surface area (Å²) >= 11 is 0. The van der Waals surface area contributed by atoms with E-state index in [0.717, 1.165) is 0 Å². The van der Waals surface area contributed by atoms with Crippen LogP contribution in [-0.4, -0.2) is 46.5 Å². The first-order valence-corrected chi connectivity index (χ1v) is 7.11. The summed E-state index contributed by atoms with van der Waals surface area (Å²) in [6.07, 6.45) is 0.00132. The van der Waals surface area contributed by atoms with Crippen molar-refractivity contribution in [1.29, 1.82) is 0 Å². The van der Waals surface area contributed by atoms with E-state index in [1.807, 2.05) is 0 Å². The molecule has 0 aliphatic carbocycles. The number of carbonyl (C=O) groups is 1. The minimum absolute atomic E-state index is 0.0769. The zero-order valence-electron chi connectivity index (χ0n) is 10.8. The smallest absolute Gasteiger partial charge is 0.402 e. The van der Waals surface area contributed by atoms with Crippen molar-refractivity contribution in [3.05, 3.63) is 34.9 Å². The van der Waals surface area contributed by atoms with Gasteiger partial charge in [-0.15, -0.1) is 0 Å². The van der Waals surface area contributed by atoms with Gasteiger partial charge in [0.2, 0.25) is 0 Å². The molecule has 0 bridgehead atoms. The summed E-state index contributed by atoms with van der Waals surface area (Å²) in [5.41, 5.74) is 0.764. The largest absolute Gasteiger partial charge is 0.454 e. The molecule has 0 saturated carbocycles. The Morgan fingerprint density at radius 3 is 2.38 bits per heavy atom. The molecule has 110 valence electrons. The third-order valence-electron chi connectivity index (χ3n) is 2.67. The number of carbonyl (C=O) groups excluding carboxylic acids is 1. The molecular formula is C11H10B2F2O5S. The first-order chi connectivity index (χ1) is 9.64. The van der Waals surface area contributed by atoms with Crippen molar-refractivity contribution in [3.8, 4) is 0 Å². The zero-order valence-corrected chi connectivity index (χ0v) is 11.6. The predicted molar refractivity (Wildman–Crippen MR) is 72.1 cm³/mol. The van der Waals surface area contributed by atoms with Crippen molar-refractivity contribution in [2.24, 2.45) is 0 Å². The van der Waals surface area contributed by atoms with Crippen LogP contribution >= 0.6 is 0 Å². The van der Waals surface area contributed by atoms with Crippen molar-refractivity contribution >= 4 is 31.8 Å². The van der Waals surface area contributed by atoms with Crippen LogP contribution in [0.15, 0.2) is 18.2 Å². The maximum atomic E-state index is 13.0. The second-order valence-corrected chi connectivity index (χ2v) is 5.59. The summed E-state index contributed by atoms with van der Waals surface area (Å²) in [5, 5.41) is -4.59. The zero-order chi connectivity index (χ0) is 16.3. The lowest BCUT2D eigenvalue weighted by Gasteiger charge is -2.15. The quantitative estimate of drug-likeness (QED) is 0.474. The van der Waals surface area contributed by atoms with Crippen LogP contribution in [0.25, 0.3) is 0 Å². The normalized spacial score (nSPS) is 12.1. The van der Waals surface area contributed by atoms with Crippen LogP contribution in [0.4, 0.5) is 8.78 Å². The number of ether oxygens (including phenoxy) is 1. The molecule has 4 radical (unpaired) electrons. The van der Waals surface area contributed by atoms with Crippen LogP contribution in [0, 0.1) is 0 Å². The molecule has 21 heavy (non-hydrogen) atoms. The average molecular weight is 314 g/mol. The highest BCUT2D eigenvalue weighted by Crippen LogP contribution is 2.22. The third kappa shape index (κ3) is 4.04. The highest BCUT2D eigenvalue weighted by molar-refractivity contribution is 7.86. The molecule has 0 aliphatic rings. The van der Waals surface area contributed by atoms with Crippen LogP contribution in [0.3, 0.4) is 0 Å². The molecule has 0 saturated heterocycles. The van der Waals surface area contributed by atoms with E-state index in [2.05, 4.69) is 4.74 Å². The Labute approximate surface area is 123 Å². The third-order valence-corrected chi connectivity index (χ3v) is 3.54. The van der Waals surface area contributed by atoms with Crippen molar-refractivity contribution in [3.63, 3.8) is 0 Å². The molecule has 0 atom stereocenters. The average Bonchev–Trinajstić information content (AvgIpc) is 2.42. The lowest BCUT2D eigenvalue weighted by Crippen LogP contribution is -2.34. The predicted octanol–water partition coefficient (Wildman–Crippen LogP) is 0.661. The minimum Gasteiger partial charge on any atom is -0.454 e. The monoisotopic (exact) mass is 314 g/mol. The molecule has 0 aliphatic heterocycles. The second kappa shape index (κ2) is 6.57. The van der Waals surface area contributed by atoms with Crippen molar-refractivity contribution < 1.29 is 31.3 Å². The lowest BCUT2D eigenvalue weighted by molar-refractivity contribution is -0.00956. The van der Waals surface area contributed by atoms with Gasteiger partial charge in [0, 0.05) is 0 Å². The molecule has 0 unspecified atom stereocenters. The standard InChI is InChI=1S/C11H10B2F2O5S/c12-4-7-2-1-3-8(9(7)5-13)10(16)20-6-11(14,15)21(17,18)19/h1-3H,4-6H2,(H,17,18,19). The molecule has 0 amide bonds. The highest BCUT2D eigenvalue weighted by Gasteiger charge is 2.45. The van der Waals surface area contributed by atoms with Gasteiger partial charge >= 0.3 is 21.3 Å². The SMILES string of the molecule is [B]Cc1cccc(C(=O)OCC(F)(F)S(=O)(=O)O)c1C[B]. The molecule has 0 heterocycles. The Hall–Kier alpha value is -1.41. The Balaban J connectivity index is 2.96. The Morgan fingerprint density at radius 1 is 1.29 bits per heavy atom. The summed E-state index contributed by atoms with van der Waals surface area (Å²) in [6.45, 7) is -1.80. The van der Waals surface area contributed by atoms with E-state index in [1.54, 1.807) is 6.07 Å². The molecule has 1 N–H and O–H groups in total. The summed E-state index contributed by atoms with van der Waals surface area (Å²) < 4.78 is 59.3.